The molecule has 2 rings (SSSR count). The van der Waals surface area contributed by atoms with Gasteiger partial charge < -0.3 is 5.32 Å². The number of nitrogens with zero attached hydrogens (tertiary/aromatic N) is 2. The van der Waals surface area contributed by atoms with Gasteiger partial charge in [0.1, 0.15) is 0 Å². The Morgan fingerprint density at radius 1 is 1.13 bits per heavy atom. The fourth-order valence-electron chi connectivity index (χ4n) is 3.20. The van der Waals surface area contributed by atoms with E-state index in [9.17, 15) is 0 Å². The maximum absolute atomic E-state index is 3.94. The maximum atomic E-state index is 3.94. The van der Waals surface area contributed by atoms with E-state index < -0.39 is 0 Å². The molecule has 1 fully saturated rings. The third kappa shape index (κ3) is 5.03. The molecule has 1 aliphatic rings. The largest absolute Gasteiger partial charge is 0.314 e. The van der Waals surface area contributed by atoms with Crippen molar-refractivity contribution in [2.75, 3.05) is 45.8 Å². The topological polar surface area (TPSA) is 18.5 Å². The lowest BCUT2D eigenvalue weighted by molar-refractivity contribution is 0.148. The maximum Gasteiger partial charge on any atom is 0.0481 e. The Morgan fingerprint density at radius 3 is 2.35 bits per heavy atom. The molecule has 0 saturated carbocycles. The Morgan fingerprint density at radius 2 is 1.78 bits per heavy atom. The highest BCUT2D eigenvalue weighted by molar-refractivity contribution is 5.32. The van der Waals surface area contributed by atoms with Gasteiger partial charge in [0.2, 0.25) is 0 Å². The Hall–Kier alpha value is -1.42. The van der Waals surface area contributed by atoms with Gasteiger partial charge in [-0.2, -0.15) is 0 Å². The minimum absolute atomic E-state index is 0.378. The summed E-state index contributed by atoms with van der Waals surface area (Å²) >= 11 is 0. The predicted octanol–water partition coefficient (Wildman–Crippen LogP) is 2.92. The van der Waals surface area contributed by atoms with Crippen LogP contribution < -0.4 is 5.32 Å². The van der Waals surface area contributed by atoms with E-state index >= 15 is 0 Å². The van der Waals surface area contributed by atoms with E-state index in [-0.39, 0.29) is 0 Å². The van der Waals surface area contributed by atoms with Gasteiger partial charge in [-0.15, -0.1) is 13.2 Å². The zero-order valence-electron chi connectivity index (χ0n) is 14.7. The highest BCUT2D eigenvalue weighted by atomic mass is 15.2. The van der Waals surface area contributed by atoms with E-state index in [1.54, 1.807) is 0 Å². The number of hydrogen-bond acceptors (Lipinski definition) is 3. The highest BCUT2D eigenvalue weighted by Gasteiger charge is 2.23. The van der Waals surface area contributed by atoms with E-state index in [4.69, 9.17) is 0 Å². The minimum atomic E-state index is 0.378. The first-order valence-corrected chi connectivity index (χ1v) is 8.61. The molecule has 1 aromatic carbocycles. The number of rotatable bonds is 8. The molecule has 1 unspecified atom stereocenters. The molecule has 0 radical (unpaired) electrons. The van der Waals surface area contributed by atoms with Crippen molar-refractivity contribution in [3.63, 3.8) is 0 Å². The first kappa shape index (κ1) is 17.9. The van der Waals surface area contributed by atoms with Crippen molar-refractivity contribution in [2.45, 2.75) is 19.9 Å². The molecular weight excluding hydrogens is 282 g/mol. The average Bonchev–Trinajstić information content (AvgIpc) is 2.56. The van der Waals surface area contributed by atoms with Gasteiger partial charge in [0, 0.05) is 51.9 Å². The molecule has 1 saturated heterocycles. The lowest BCUT2D eigenvalue weighted by atomic mass is 9.99. The third-order valence-corrected chi connectivity index (χ3v) is 4.72. The van der Waals surface area contributed by atoms with Crippen molar-refractivity contribution in [1.29, 1.82) is 0 Å². The van der Waals surface area contributed by atoms with Gasteiger partial charge in [-0.05, 0) is 30.5 Å². The van der Waals surface area contributed by atoms with Crippen molar-refractivity contribution >= 4 is 0 Å². The number of aryl methyl sites for hydroxylation is 2. The van der Waals surface area contributed by atoms with Crippen LogP contribution in [-0.4, -0.2) is 55.6 Å². The Kier molecular flexibility index (Phi) is 7.03. The molecule has 126 valence electrons. The second kappa shape index (κ2) is 9.02. The van der Waals surface area contributed by atoms with Gasteiger partial charge in [0.25, 0.3) is 0 Å². The standard InChI is InChI=1S/C20H31N3/c1-5-11-23(12-6-2)20(16-22-13-9-21-10-14-22)19-8-7-17(3)18(4)15-19/h5-8,15,20-21H,1-2,9-14,16H2,3-4H3. The molecule has 0 bridgehead atoms. The fourth-order valence-corrected chi connectivity index (χ4v) is 3.20. The molecule has 3 nitrogen and oxygen atoms in total. The van der Waals surface area contributed by atoms with Crippen LogP contribution in [0, 0.1) is 13.8 Å². The molecule has 0 amide bonds. The van der Waals surface area contributed by atoms with Crippen molar-refractivity contribution < 1.29 is 0 Å². The molecule has 0 aromatic heterocycles. The SMILES string of the molecule is C=CCN(CC=C)C(CN1CCNCC1)c1ccc(C)c(C)c1. The van der Waals surface area contributed by atoms with Gasteiger partial charge in [-0.1, -0.05) is 30.4 Å². The lowest BCUT2D eigenvalue weighted by Gasteiger charge is -2.36. The summed E-state index contributed by atoms with van der Waals surface area (Å²) in [6, 6.07) is 7.26. The predicted molar refractivity (Wildman–Crippen MR) is 99.9 cm³/mol. The van der Waals surface area contributed by atoms with Gasteiger partial charge >= 0.3 is 0 Å². The zero-order valence-corrected chi connectivity index (χ0v) is 14.7. The molecule has 0 aliphatic carbocycles. The molecule has 1 atom stereocenters. The first-order valence-electron chi connectivity index (χ1n) is 8.61. The zero-order chi connectivity index (χ0) is 16.7. The number of benzene rings is 1. The molecule has 1 N–H and O–H groups in total. The van der Waals surface area contributed by atoms with Crippen LogP contribution in [-0.2, 0) is 0 Å². The van der Waals surface area contributed by atoms with E-state index in [1.807, 2.05) is 12.2 Å². The second-order valence-electron chi connectivity index (χ2n) is 6.44. The molecule has 1 aliphatic heterocycles. The van der Waals surface area contributed by atoms with Crippen LogP contribution in [0.4, 0.5) is 0 Å². The van der Waals surface area contributed by atoms with Gasteiger partial charge in [0.05, 0.1) is 0 Å². The summed E-state index contributed by atoms with van der Waals surface area (Å²) in [5.41, 5.74) is 4.12. The van der Waals surface area contributed by atoms with Crippen LogP contribution >= 0.6 is 0 Å². The molecule has 1 heterocycles. The summed E-state index contributed by atoms with van der Waals surface area (Å²) in [5, 5.41) is 3.44. The van der Waals surface area contributed by atoms with Gasteiger partial charge in [-0.25, -0.2) is 0 Å². The van der Waals surface area contributed by atoms with Crippen LogP contribution in [0.5, 0.6) is 0 Å². The van der Waals surface area contributed by atoms with Crippen molar-refractivity contribution in [3.05, 3.63) is 60.2 Å². The summed E-state index contributed by atoms with van der Waals surface area (Å²) < 4.78 is 0. The number of nitrogens with one attached hydrogen (secondary N) is 1. The van der Waals surface area contributed by atoms with E-state index in [2.05, 4.69) is 60.3 Å². The molecule has 0 spiro atoms. The minimum Gasteiger partial charge on any atom is -0.314 e. The van der Waals surface area contributed by atoms with Crippen LogP contribution in [0.15, 0.2) is 43.5 Å². The average molecular weight is 313 g/mol. The van der Waals surface area contributed by atoms with Crippen molar-refractivity contribution in [2.24, 2.45) is 0 Å². The van der Waals surface area contributed by atoms with Crippen molar-refractivity contribution in [3.8, 4) is 0 Å². The van der Waals surface area contributed by atoms with Gasteiger partial charge in [0.15, 0.2) is 0 Å². The first-order chi connectivity index (χ1) is 11.2. The monoisotopic (exact) mass is 313 g/mol. The molecule has 3 heteroatoms. The van der Waals surface area contributed by atoms with E-state index in [0.717, 1.165) is 45.8 Å². The molecular formula is C20H31N3. The van der Waals surface area contributed by atoms with Crippen molar-refractivity contribution in [1.82, 2.24) is 15.1 Å². The van der Waals surface area contributed by atoms with Gasteiger partial charge in [-0.3, -0.25) is 9.80 Å². The summed E-state index contributed by atoms with van der Waals surface area (Å²) in [7, 11) is 0. The van der Waals surface area contributed by atoms with E-state index in [1.165, 1.54) is 16.7 Å². The third-order valence-electron chi connectivity index (χ3n) is 4.72. The van der Waals surface area contributed by atoms with Crippen LogP contribution in [0.25, 0.3) is 0 Å². The number of piperazine rings is 1. The normalized spacial score (nSPS) is 17.2. The summed E-state index contributed by atoms with van der Waals surface area (Å²) in [5.74, 6) is 0. The summed E-state index contributed by atoms with van der Waals surface area (Å²) in [6.07, 6.45) is 3.99. The summed E-state index contributed by atoms with van der Waals surface area (Å²) in [4.78, 5) is 5.03. The van der Waals surface area contributed by atoms with Crippen LogP contribution in [0.2, 0.25) is 0 Å². The molecule has 1 aromatic rings. The van der Waals surface area contributed by atoms with E-state index in [0.29, 0.717) is 6.04 Å². The summed E-state index contributed by atoms with van der Waals surface area (Å²) in [6.45, 7) is 19.5. The quantitative estimate of drug-likeness (QED) is 0.745. The second-order valence-corrected chi connectivity index (χ2v) is 6.44. The Balaban J connectivity index is 2.25. The lowest BCUT2D eigenvalue weighted by Crippen LogP contribution is -2.47. The van der Waals surface area contributed by atoms with Crippen LogP contribution in [0.3, 0.4) is 0 Å². The molecule has 23 heavy (non-hydrogen) atoms. The Labute approximate surface area is 141 Å². The highest BCUT2D eigenvalue weighted by Crippen LogP contribution is 2.24. The Bertz CT molecular complexity index is 508. The van der Waals surface area contributed by atoms with Crippen LogP contribution in [0.1, 0.15) is 22.7 Å². The smallest absolute Gasteiger partial charge is 0.0481 e. The fraction of sp³-hybridized carbons (Fsp3) is 0.500. The number of hydrogen-bond donors (Lipinski definition) is 1.